The predicted octanol–water partition coefficient (Wildman–Crippen LogP) is 3.39. The van der Waals surface area contributed by atoms with E-state index < -0.39 is 0 Å². The van der Waals surface area contributed by atoms with Crippen LogP contribution in [0.3, 0.4) is 0 Å². The quantitative estimate of drug-likeness (QED) is 0.680. The topological polar surface area (TPSA) is 9.23 Å². The molecule has 1 rings (SSSR count). The van der Waals surface area contributed by atoms with Crippen LogP contribution in [0.2, 0.25) is 0 Å². The van der Waals surface area contributed by atoms with E-state index in [1.54, 1.807) is 7.11 Å². The van der Waals surface area contributed by atoms with Gasteiger partial charge in [-0.3, -0.25) is 0 Å². The summed E-state index contributed by atoms with van der Waals surface area (Å²) < 4.78 is 5.08. The lowest BCUT2D eigenvalue weighted by molar-refractivity contribution is 0.185. The monoisotopic (exact) mass is 212 g/mol. The van der Waals surface area contributed by atoms with Gasteiger partial charge in [-0.05, 0) is 30.9 Å². The van der Waals surface area contributed by atoms with Crippen LogP contribution in [0.15, 0.2) is 24.3 Å². The first-order valence-electron chi connectivity index (χ1n) is 4.93. The first-order chi connectivity index (χ1) is 6.72. The van der Waals surface area contributed by atoms with Crippen molar-refractivity contribution in [3.05, 3.63) is 35.4 Å². The minimum atomic E-state index is 0.251. The molecule has 0 saturated carbocycles. The van der Waals surface area contributed by atoms with Crippen LogP contribution in [0, 0.1) is 0 Å². The summed E-state index contributed by atoms with van der Waals surface area (Å²) >= 11 is 5.90. The lowest BCUT2D eigenvalue weighted by Crippen LogP contribution is -1.96. The molecule has 0 fully saturated rings. The molecule has 1 aromatic rings. The third-order valence-electron chi connectivity index (χ3n) is 2.13. The van der Waals surface area contributed by atoms with Crippen molar-refractivity contribution in [1.82, 2.24) is 0 Å². The SMILES string of the molecule is COCc1cccc(CCC(C)Cl)c1. The molecule has 2 heteroatoms. The Bertz CT molecular complexity index is 271. The smallest absolute Gasteiger partial charge is 0.0713 e. The fourth-order valence-electron chi connectivity index (χ4n) is 1.41. The lowest BCUT2D eigenvalue weighted by Gasteiger charge is -2.05. The number of hydrogen-bond acceptors (Lipinski definition) is 1. The van der Waals surface area contributed by atoms with Crippen molar-refractivity contribution < 1.29 is 4.74 Å². The second-order valence-corrected chi connectivity index (χ2v) is 4.32. The van der Waals surface area contributed by atoms with Crippen molar-refractivity contribution in [2.24, 2.45) is 0 Å². The standard InChI is InChI=1S/C12H17ClO/c1-10(13)6-7-11-4-3-5-12(8-11)9-14-2/h3-5,8,10H,6-7,9H2,1-2H3. The van der Waals surface area contributed by atoms with Crippen LogP contribution < -0.4 is 0 Å². The largest absolute Gasteiger partial charge is 0.380 e. The predicted molar refractivity (Wildman–Crippen MR) is 60.8 cm³/mol. The van der Waals surface area contributed by atoms with Gasteiger partial charge in [0.15, 0.2) is 0 Å². The summed E-state index contributed by atoms with van der Waals surface area (Å²) in [4.78, 5) is 0. The van der Waals surface area contributed by atoms with E-state index in [0.717, 1.165) is 12.8 Å². The summed E-state index contributed by atoms with van der Waals surface area (Å²) in [7, 11) is 1.72. The van der Waals surface area contributed by atoms with E-state index in [2.05, 4.69) is 24.3 Å². The van der Waals surface area contributed by atoms with Crippen LogP contribution in [0.25, 0.3) is 0 Å². The number of ether oxygens (including phenoxy) is 1. The summed E-state index contributed by atoms with van der Waals surface area (Å²) in [5.74, 6) is 0. The molecule has 0 N–H and O–H groups in total. The summed E-state index contributed by atoms with van der Waals surface area (Å²) in [6.45, 7) is 2.71. The van der Waals surface area contributed by atoms with Gasteiger partial charge >= 0.3 is 0 Å². The van der Waals surface area contributed by atoms with Crippen molar-refractivity contribution in [3.8, 4) is 0 Å². The van der Waals surface area contributed by atoms with Crippen LogP contribution in [0.1, 0.15) is 24.5 Å². The molecule has 1 aromatic carbocycles. The van der Waals surface area contributed by atoms with E-state index in [1.165, 1.54) is 11.1 Å². The molecule has 0 heterocycles. The number of alkyl halides is 1. The summed E-state index contributed by atoms with van der Waals surface area (Å²) in [6.07, 6.45) is 2.07. The Morgan fingerprint density at radius 2 is 2.07 bits per heavy atom. The van der Waals surface area contributed by atoms with E-state index in [-0.39, 0.29) is 5.38 Å². The van der Waals surface area contributed by atoms with Crippen molar-refractivity contribution in [2.75, 3.05) is 7.11 Å². The van der Waals surface area contributed by atoms with E-state index in [1.807, 2.05) is 6.92 Å². The van der Waals surface area contributed by atoms with Crippen LogP contribution in [-0.4, -0.2) is 12.5 Å². The average molecular weight is 213 g/mol. The molecule has 1 unspecified atom stereocenters. The zero-order chi connectivity index (χ0) is 10.4. The number of halogens is 1. The third kappa shape index (κ3) is 4.12. The second kappa shape index (κ2) is 6.05. The zero-order valence-electron chi connectivity index (χ0n) is 8.79. The van der Waals surface area contributed by atoms with Gasteiger partial charge in [-0.25, -0.2) is 0 Å². The maximum absolute atomic E-state index is 5.90. The van der Waals surface area contributed by atoms with E-state index in [9.17, 15) is 0 Å². The highest BCUT2D eigenvalue weighted by atomic mass is 35.5. The van der Waals surface area contributed by atoms with Crippen LogP contribution >= 0.6 is 11.6 Å². The van der Waals surface area contributed by atoms with Gasteiger partial charge in [-0.2, -0.15) is 0 Å². The summed E-state index contributed by atoms with van der Waals surface area (Å²) in [5.41, 5.74) is 2.57. The highest BCUT2D eigenvalue weighted by molar-refractivity contribution is 6.20. The maximum atomic E-state index is 5.90. The molecule has 0 aliphatic heterocycles. The molecular formula is C12H17ClO. The number of aryl methyl sites for hydroxylation is 1. The first-order valence-corrected chi connectivity index (χ1v) is 5.37. The van der Waals surface area contributed by atoms with Crippen molar-refractivity contribution in [3.63, 3.8) is 0 Å². The Morgan fingerprint density at radius 1 is 1.36 bits per heavy atom. The Hall–Kier alpha value is -0.530. The molecule has 78 valence electrons. The normalized spacial score (nSPS) is 12.8. The first kappa shape index (κ1) is 11.5. The average Bonchev–Trinajstić information content (AvgIpc) is 2.16. The number of benzene rings is 1. The van der Waals surface area contributed by atoms with Gasteiger partial charge in [0, 0.05) is 12.5 Å². The molecule has 14 heavy (non-hydrogen) atoms. The molecule has 0 aromatic heterocycles. The third-order valence-corrected chi connectivity index (χ3v) is 2.35. The molecule has 0 spiro atoms. The van der Waals surface area contributed by atoms with Crippen molar-refractivity contribution in [1.29, 1.82) is 0 Å². The van der Waals surface area contributed by atoms with Crippen LogP contribution in [-0.2, 0) is 17.8 Å². The number of hydrogen-bond donors (Lipinski definition) is 0. The van der Waals surface area contributed by atoms with Gasteiger partial charge in [0.2, 0.25) is 0 Å². The molecule has 0 saturated heterocycles. The minimum absolute atomic E-state index is 0.251. The fraction of sp³-hybridized carbons (Fsp3) is 0.500. The molecule has 0 aliphatic rings. The van der Waals surface area contributed by atoms with E-state index in [4.69, 9.17) is 16.3 Å². The molecule has 1 nitrogen and oxygen atoms in total. The van der Waals surface area contributed by atoms with E-state index >= 15 is 0 Å². The van der Waals surface area contributed by atoms with Gasteiger partial charge in [-0.15, -0.1) is 11.6 Å². The minimum Gasteiger partial charge on any atom is -0.380 e. The second-order valence-electron chi connectivity index (χ2n) is 3.57. The Kier molecular flexibility index (Phi) is 4.99. The van der Waals surface area contributed by atoms with Gasteiger partial charge in [0.1, 0.15) is 0 Å². The molecule has 0 bridgehead atoms. The zero-order valence-corrected chi connectivity index (χ0v) is 9.55. The number of rotatable bonds is 5. The molecule has 0 amide bonds. The molecular weight excluding hydrogens is 196 g/mol. The highest BCUT2D eigenvalue weighted by Gasteiger charge is 1.99. The van der Waals surface area contributed by atoms with Crippen molar-refractivity contribution in [2.45, 2.75) is 31.7 Å². The fourth-order valence-corrected chi connectivity index (χ4v) is 1.52. The number of methoxy groups -OCH3 is 1. The van der Waals surface area contributed by atoms with Gasteiger partial charge < -0.3 is 4.74 Å². The molecule has 0 radical (unpaired) electrons. The summed E-state index contributed by atoms with van der Waals surface area (Å²) in [6, 6.07) is 8.47. The van der Waals surface area contributed by atoms with Gasteiger partial charge in [0.05, 0.1) is 6.61 Å². The highest BCUT2D eigenvalue weighted by Crippen LogP contribution is 2.11. The van der Waals surface area contributed by atoms with Crippen LogP contribution in [0.5, 0.6) is 0 Å². The van der Waals surface area contributed by atoms with Gasteiger partial charge in [-0.1, -0.05) is 24.3 Å². The Morgan fingerprint density at radius 3 is 2.71 bits per heavy atom. The Labute approximate surface area is 91.0 Å². The molecule has 0 aliphatic carbocycles. The van der Waals surface area contributed by atoms with Gasteiger partial charge in [0.25, 0.3) is 0 Å². The van der Waals surface area contributed by atoms with Crippen LogP contribution in [0.4, 0.5) is 0 Å². The summed E-state index contributed by atoms with van der Waals surface area (Å²) in [5, 5.41) is 0.251. The lowest BCUT2D eigenvalue weighted by atomic mass is 10.1. The Balaban J connectivity index is 2.54. The maximum Gasteiger partial charge on any atom is 0.0713 e. The van der Waals surface area contributed by atoms with Crippen molar-refractivity contribution >= 4 is 11.6 Å². The molecule has 1 atom stereocenters. The van der Waals surface area contributed by atoms with E-state index in [0.29, 0.717) is 6.61 Å².